The second-order valence-electron chi connectivity index (χ2n) is 3.88. The molecule has 0 saturated carbocycles. The highest BCUT2D eigenvalue weighted by Crippen LogP contribution is 2.01. The number of hydrogen-bond acceptors (Lipinski definition) is 2. The molecule has 0 heterocycles. The monoisotopic (exact) mass is 221 g/mol. The molecule has 1 atom stereocenters. The van der Waals surface area contributed by atoms with Crippen molar-refractivity contribution in [2.24, 2.45) is 5.92 Å². The number of benzene rings is 1. The standard InChI is InChI=1S/C13H19NO2/c1-2-12(13(15)16)10-14-9-8-11-6-4-3-5-7-11/h3-7,12,14H,2,8-10H2,1H3,(H,15,16). The first-order valence-corrected chi connectivity index (χ1v) is 5.71. The van der Waals surface area contributed by atoms with Crippen LogP contribution in [0.25, 0.3) is 0 Å². The minimum absolute atomic E-state index is 0.268. The molecule has 2 N–H and O–H groups in total. The van der Waals surface area contributed by atoms with Crippen LogP contribution in [-0.4, -0.2) is 24.2 Å². The van der Waals surface area contributed by atoms with Gasteiger partial charge >= 0.3 is 5.97 Å². The second kappa shape index (κ2) is 7.01. The van der Waals surface area contributed by atoms with E-state index in [-0.39, 0.29) is 5.92 Å². The van der Waals surface area contributed by atoms with Gasteiger partial charge in [-0.25, -0.2) is 0 Å². The van der Waals surface area contributed by atoms with Crippen molar-refractivity contribution in [3.8, 4) is 0 Å². The van der Waals surface area contributed by atoms with Gasteiger partial charge in [-0.2, -0.15) is 0 Å². The van der Waals surface area contributed by atoms with Gasteiger partial charge in [-0.15, -0.1) is 0 Å². The number of carboxylic acids is 1. The van der Waals surface area contributed by atoms with Crippen molar-refractivity contribution >= 4 is 5.97 Å². The third-order valence-corrected chi connectivity index (χ3v) is 2.67. The highest BCUT2D eigenvalue weighted by Gasteiger charge is 2.13. The molecule has 0 aliphatic heterocycles. The minimum Gasteiger partial charge on any atom is -0.481 e. The Labute approximate surface area is 96.5 Å². The van der Waals surface area contributed by atoms with E-state index in [1.165, 1.54) is 5.56 Å². The lowest BCUT2D eigenvalue weighted by atomic mass is 10.1. The molecule has 0 aromatic heterocycles. The van der Waals surface area contributed by atoms with Crippen LogP contribution in [0.1, 0.15) is 18.9 Å². The van der Waals surface area contributed by atoms with Crippen LogP contribution >= 0.6 is 0 Å². The fourth-order valence-electron chi connectivity index (χ4n) is 1.56. The van der Waals surface area contributed by atoms with E-state index in [0.717, 1.165) is 13.0 Å². The predicted octanol–water partition coefficient (Wildman–Crippen LogP) is 1.93. The van der Waals surface area contributed by atoms with E-state index in [9.17, 15) is 4.79 Å². The first-order chi connectivity index (χ1) is 7.74. The molecule has 0 aliphatic rings. The molecule has 3 heteroatoms. The average molecular weight is 221 g/mol. The van der Waals surface area contributed by atoms with Crippen molar-refractivity contribution < 1.29 is 9.90 Å². The van der Waals surface area contributed by atoms with Crippen LogP contribution in [0.2, 0.25) is 0 Å². The first-order valence-electron chi connectivity index (χ1n) is 5.71. The molecule has 0 aliphatic carbocycles. The van der Waals surface area contributed by atoms with Crippen molar-refractivity contribution in [3.63, 3.8) is 0 Å². The Bertz CT molecular complexity index is 311. The molecule has 88 valence electrons. The van der Waals surface area contributed by atoms with Crippen LogP contribution in [0.4, 0.5) is 0 Å². The van der Waals surface area contributed by atoms with Crippen LogP contribution < -0.4 is 5.32 Å². The molecular weight excluding hydrogens is 202 g/mol. The Kier molecular flexibility index (Phi) is 5.57. The van der Waals surface area contributed by atoms with Gasteiger partial charge in [-0.05, 0) is 24.9 Å². The van der Waals surface area contributed by atoms with E-state index in [1.807, 2.05) is 25.1 Å². The molecule has 0 amide bonds. The van der Waals surface area contributed by atoms with Gasteiger partial charge in [0.25, 0.3) is 0 Å². The summed E-state index contributed by atoms with van der Waals surface area (Å²) >= 11 is 0. The van der Waals surface area contributed by atoms with Crippen molar-refractivity contribution in [1.82, 2.24) is 5.32 Å². The van der Waals surface area contributed by atoms with E-state index >= 15 is 0 Å². The Morgan fingerprint density at radius 3 is 2.62 bits per heavy atom. The number of nitrogens with one attached hydrogen (secondary N) is 1. The molecule has 0 fully saturated rings. The zero-order valence-electron chi connectivity index (χ0n) is 9.65. The van der Waals surface area contributed by atoms with Crippen LogP contribution in [0.3, 0.4) is 0 Å². The van der Waals surface area contributed by atoms with E-state index in [2.05, 4.69) is 17.4 Å². The quantitative estimate of drug-likeness (QED) is 0.692. The van der Waals surface area contributed by atoms with Gasteiger partial charge in [0.05, 0.1) is 5.92 Å². The summed E-state index contributed by atoms with van der Waals surface area (Å²) in [6.07, 6.45) is 1.62. The lowest BCUT2D eigenvalue weighted by Crippen LogP contribution is -2.29. The molecule has 1 rings (SSSR count). The normalized spacial score (nSPS) is 12.3. The summed E-state index contributed by atoms with van der Waals surface area (Å²) in [6.45, 7) is 3.28. The molecule has 0 radical (unpaired) electrons. The summed E-state index contributed by atoms with van der Waals surface area (Å²) in [5.74, 6) is -0.981. The molecule has 1 aromatic rings. The summed E-state index contributed by atoms with van der Waals surface area (Å²) in [5.41, 5.74) is 1.28. The van der Waals surface area contributed by atoms with Crippen LogP contribution in [0.5, 0.6) is 0 Å². The van der Waals surface area contributed by atoms with Gasteiger partial charge in [0, 0.05) is 6.54 Å². The maximum Gasteiger partial charge on any atom is 0.307 e. The van der Waals surface area contributed by atoms with E-state index in [4.69, 9.17) is 5.11 Å². The zero-order chi connectivity index (χ0) is 11.8. The van der Waals surface area contributed by atoms with Crippen molar-refractivity contribution in [2.75, 3.05) is 13.1 Å². The van der Waals surface area contributed by atoms with Crippen molar-refractivity contribution in [3.05, 3.63) is 35.9 Å². The Morgan fingerprint density at radius 2 is 2.06 bits per heavy atom. The van der Waals surface area contributed by atoms with Gasteiger partial charge in [0.1, 0.15) is 0 Å². The largest absolute Gasteiger partial charge is 0.481 e. The van der Waals surface area contributed by atoms with Crippen LogP contribution in [0.15, 0.2) is 30.3 Å². The fourth-order valence-corrected chi connectivity index (χ4v) is 1.56. The number of hydrogen-bond donors (Lipinski definition) is 2. The number of carboxylic acid groups (broad SMARTS) is 1. The third kappa shape index (κ3) is 4.45. The maximum atomic E-state index is 10.8. The number of rotatable bonds is 7. The van der Waals surface area contributed by atoms with Gasteiger partial charge in [0.2, 0.25) is 0 Å². The van der Waals surface area contributed by atoms with E-state index in [0.29, 0.717) is 13.0 Å². The summed E-state index contributed by atoms with van der Waals surface area (Å²) in [5, 5.41) is 12.0. The predicted molar refractivity (Wildman–Crippen MR) is 64.4 cm³/mol. The lowest BCUT2D eigenvalue weighted by molar-refractivity contribution is -0.141. The van der Waals surface area contributed by atoms with Crippen LogP contribution in [0, 0.1) is 5.92 Å². The minimum atomic E-state index is -0.713. The second-order valence-corrected chi connectivity index (χ2v) is 3.88. The van der Waals surface area contributed by atoms with Crippen molar-refractivity contribution in [2.45, 2.75) is 19.8 Å². The molecular formula is C13H19NO2. The zero-order valence-corrected chi connectivity index (χ0v) is 9.65. The summed E-state index contributed by atoms with van der Waals surface area (Å²) in [6, 6.07) is 10.2. The number of carbonyl (C=O) groups is 1. The van der Waals surface area contributed by atoms with E-state index < -0.39 is 5.97 Å². The molecule has 0 spiro atoms. The van der Waals surface area contributed by atoms with Gasteiger partial charge in [-0.1, -0.05) is 37.3 Å². The maximum absolute atomic E-state index is 10.8. The Balaban J connectivity index is 2.19. The molecule has 1 aromatic carbocycles. The number of aliphatic carboxylic acids is 1. The highest BCUT2D eigenvalue weighted by molar-refractivity contribution is 5.70. The smallest absolute Gasteiger partial charge is 0.307 e. The van der Waals surface area contributed by atoms with E-state index in [1.54, 1.807) is 0 Å². The molecule has 3 nitrogen and oxygen atoms in total. The topological polar surface area (TPSA) is 49.3 Å². The van der Waals surface area contributed by atoms with Gasteiger partial charge < -0.3 is 10.4 Å². The third-order valence-electron chi connectivity index (χ3n) is 2.67. The summed E-state index contributed by atoms with van der Waals surface area (Å²) in [7, 11) is 0. The first kappa shape index (κ1) is 12.7. The van der Waals surface area contributed by atoms with Crippen LogP contribution in [-0.2, 0) is 11.2 Å². The Morgan fingerprint density at radius 1 is 1.38 bits per heavy atom. The SMILES string of the molecule is CCC(CNCCc1ccccc1)C(=O)O. The molecule has 0 saturated heterocycles. The fraction of sp³-hybridized carbons (Fsp3) is 0.462. The Hall–Kier alpha value is -1.35. The highest BCUT2D eigenvalue weighted by atomic mass is 16.4. The summed E-state index contributed by atoms with van der Waals surface area (Å²) in [4.78, 5) is 10.8. The van der Waals surface area contributed by atoms with Gasteiger partial charge in [-0.3, -0.25) is 4.79 Å². The summed E-state index contributed by atoms with van der Waals surface area (Å²) < 4.78 is 0. The molecule has 16 heavy (non-hydrogen) atoms. The molecule has 1 unspecified atom stereocenters. The average Bonchev–Trinajstić information content (AvgIpc) is 2.30. The lowest BCUT2D eigenvalue weighted by Gasteiger charge is -2.10. The van der Waals surface area contributed by atoms with Gasteiger partial charge in [0.15, 0.2) is 0 Å². The van der Waals surface area contributed by atoms with Crippen molar-refractivity contribution in [1.29, 1.82) is 0 Å². The molecule has 0 bridgehead atoms.